The predicted molar refractivity (Wildman–Crippen MR) is 71.5 cm³/mol. The Morgan fingerprint density at radius 2 is 1.94 bits per heavy atom. The molecule has 1 atom stereocenters. The minimum absolute atomic E-state index is 0.608. The van der Waals surface area contributed by atoms with E-state index in [4.69, 9.17) is 4.74 Å². The van der Waals surface area contributed by atoms with Crippen LogP contribution in [0.25, 0.3) is 0 Å². The second kappa shape index (κ2) is 7.58. The minimum atomic E-state index is 0.608. The number of ether oxygens (including phenoxy) is 1. The highest BCUT2D eigenvalue weighted by molar-refractivity contribution is 7.99. The number of nitrogens with one attached hydrogen (secondary N) is 1. The van der Waals surface area contributed by atoms with Gasteiger partial charge in [-0.05, 0) is 37.2 Å². The molecule has 0 aromatic heterocycles. The first-order valence-corrected chi connectivity index (χ1v) is 6.79. The summed E-state index contributed by atoms with van der Waals surface area (Å²) in [6.45, 7) is 5.42. The average Bonchev–Trinajstić information content (AvgIpc) is 2.35. The molecule has 0 radical (unpaired) electrons. The maximum absolute atomic E-state index is 5.13. The molecule has 0 bridgehead atoms. The third-order valence-electron chi connectivity index (χ3n) is 2.50. The highest BCUT2D eigenvalue weighted by Gasteiger charge is 2.04. The van der Waals surface area contributed by atoms with Gasteiger partial charge >= 0.3 is 0 Å². The van der Waals surface area contributed by atoms with Crippen LogP contribution in [-0.2, 0) is 0 Å². The van der Waals surface area contributed by atoms with Crippen LogP contribution in [0.15, 0.2) is 29.2 Å². The van der Waals surface area contributed by atoms with E-state index >= 15 is 0 Å². The summed E-state index contributed by atoms with van der Waals surface area (Å²) in [6.07, 6.45) is 1.18. The zero-order valence-electron chi connectivity index (χ0n) is 10.3. The van der Waals surface area contributed by atoms with Crippen molar-refractivity contribution in [3.63, 3.8) is 0 Å². The Morgan fingerprint density at radius 3 is 2.44 bits per heavy atom. The van der Waals surface area contributed by atoms with Gasteiger partial charge in [0.05, 0.1) is 7.11 Å². The molecule has 0 heterocycles. The molecule has 90 valence electrons. The van der Waals surface area contributed by atoms with Crippen LogP contribution in [-0.4, -0.2) is 25.4 Å². The van der Waals surface area contributed by atoms with Crippen LogP contribution in [0, 0.1) is 0 Å². The summed E-state index contributed by atoms with van der Waals surface area (Å²) < 4.78 is 5.13. The molecule has 1 unspecified atom stereocenters. The third kappa shape index (κ3) is 4.45. The van der Waals surface area contributed by atoms with Crippen molar-refractivity contribution in [2.45, 2.75) is 31.2 Å². The Bertz CT molecular complexity index is 286. The van der Waals surface area contributed by atoms with Gasteiger partial charge in [-0.15, -0.1) is 11.8 Å². The second-order valence-electron chi connectivity index (χ2n) is 3.65. The molecule has 0 aliphatic carbocycles. The lowest BCUT2D eigenvalue weighted by molar-refractivity contribution is 0.414. The van der Waals surface area contributed by atoms with Gasteiger partial charge in [0.1, 0.15) is 5.75 Å². The normalized spacial score (nSPS) is 12.4. The zero-order chi connectivity index (χ0) is 11.8. The SMILES string of the molecule is CCNC(CC)CSc1ccc(OC)cc1. The highest BCUT2D eigenvalue weighted by Crippen LogP contribution is 2.22. The molecule has 0 fully saturated rings. The number of hydrogen-bond donors (Lipinski definition) is 1. The van der Waals surface area contributed by atoms with E-state index in [-0.39, 0.29) is 0 Å². The van der Waals surface area contributed by atoms with Crippen molar-refractivity contribution in [1.82, 2.24) is 5.32 Å². The van der Waals surface area contributed by atoms with Gasteiger partial charge in [0, 0.05) is 16.7 Å². The number of thioether (sulfide) groups is 1. The summed E-state index contributed by atoms with van der Waals surface area (Å²) in [5, 5.41) is 3.48. The molecule has 1 rings (SSSR count). The standard InChI is InChI=1S/C13H21NOS/c1-4-11(14-5-2)10-16-13-8-6-12(15-3)7-9-13/h6-9,11,14H,4-5,10H2,1-3H3. The highest BCUT2D eigenvalue weighted by atomic mass is 32.2. The predicted octanol–water partition coefficient (Wildman–Crippen LogP) is 3.18. The lowest BCUT2D eigenvalue weighted by Gasteiger charge is -2.15. The molecule has 0 saturated carbocycles. The zero-order valence-corrected chi connectivity index (χ0v) is 11.1. The minimum Gasteiger partial charge on any atom is -0.497 e. The van der Waals surface area contributed by atoms with Crippen molar-refractivity contribution < 1.29 is 4.74 Å². The fourth-order valence-electron chi connectivity index (χ4n) is 1.48. The first kappa shape index (κ1) is 13.4. The van der Waals surface area contributed by atoms with E-state index in [0.717, 1.165) is 18.0 Å². The summed E-state index contributed by atoms with van der Waals surface area (Å²) >= 11 is 1.89. The number of hydrogen-bond acceptors (Lipinski definition) is 3. The van der Waals surface area contributed by atoms with E-state index in [2.05, 4.69) is 31.3 Å². The van der Waals surface area contributed by atoms with E-state index < -0.39 is 0 Å². The van der Waals surface area contributed by atoms with E-state index in [1.807, 2.05) is 23.9 Å². The molecular formula is C13H21NOS. The van der Waals surface area contributed by atoms with E-state index in [1.54, 1.807) is 7.11 Å². The maximum Gasteiger partial charge on any atom is 0.118 e. The summed E-state index contributed by atoms with van der Waals surface area (Å²) in [4.78, 5) is 1.30. The average molecular weight is 239 g/mol. The van der Waals surface area contributed by atoms with Crippen LogP contribution in [0.4, 0.5) is 0 Å². The third-order valence-corrected chi connectivity index (χ3v) is 3.67. The van der Waals surface area contributed by atoms with E-state index in [9.17, 15) is 0 Å². The Labute approximate surface area is 103 Å². The Kier molecular flexibility index (Phi) is 6.34. The summed E-state index contributed by atoms with van der Waals surface area (Å²) in [5.41, 5.74) is 0. The van der Waals surface area contributed by atoms with Gasteiger partial charge < -0.3 is 10.1 Å². The molecule has 0 saturated heterocycles. The molecule has 1 N–H and O–H groups in total. The van der Waals surface area contributed by atoms with Crippen LogP contribution >= 0.6 is 11.8 Å². The van der Waals surface area contributed by atoms with Crippen molar-refractivity contribution in [3.05, 3.63) is 24.3 Å². The number of benzene rings is 1. The van der Waals surface area contributed by atoms with Crippen molar-refractivity contribution in [2.24, 2.45) is 0 Å². The molecule has 16 heavy (non-hydrogen) atoms. The van der Waals surface area contributed by atoms with Crippen LogP contribution < -0.4 is 10.1 Å². The van der Waals surface area contributed by atoms with Crippen LogP contribution in [0.5, 0.6) is 5.75 Å². The topological polar surface area (TPSA) is 21.3 Å². The molecule has 0 amide bonds. The van der Waals surface area contributed by atoms with E-state index in [0.29, 0.717) is 6.04 Å². The van der Waals surface area contributed by atoms with E-state index in [1.165, 1.54) is 11.3 Å². The fraction of sp³-hybridized carbons (Fsp3) is 0.538. The molecule has 0 aliphatic rings. The Hall–Kier alpha value is -0.670. The quantitative estimate of drug-likeness (QED) is 0.738. The van der Waals surface area contributed by atoms with Crippen LogP contribution in [0.2, 0.25) is 0 Å². The smallest absolute Gasteiger partial charge is 0.118 e. The van der Waals surface area contributed by atoms with Gasteiger partial charge in [-0.25, -0.2) is 0 Å². The summed E-state index contributed by atoms with van der Waals surface area (Å²) in [6, 6.07) is 8.86. The maximum atomic E-state index is 5.13. The Balaban J connectivity index is 2.40. The second-order valence-corrected chi connectivity index (χ2v) is 4.74. The van der Waals surface area contributed by atoms with Crippen molar-refractivity contribution in [1.29, 1.82) is 0 Å². The summed E-state index contributed by atoms with van der Waals surface area (Å²) in [5.74, 6) is 2.04. The van der Waals surface area contributed by atoms with Crippen molar-refractivity contribution in [3.8, 4) is 5.75 Å². The molecule has 3 heteroatoms. The van der Waals surface area contributed by atoms with Crippen molar-refractivity contribution >= 4 is 11.8 Å². The van der Waals surface area contributed by atoms with Crippen molar-refractivity contribution in [2.75, 3.05) is 19.4 Å². The molecule has 0 spiro atoms. The van der Waals surface area contributed by atoms with Gasteiger partial charge in [0.15, 0.2) is 0 Å². The van der Waals surface area contributed by atoms with Gasteiger partial charge in [-0.1, -0.05) is 13.8 Å². The molecule has 2 nitrogen and oxygen atoms in total. The lowest BCUT2D eigenvalue weighted by Crippen LogP contribution is -2.30. The van der Waals surface area contributed by atoms with Gasteiger partial charge in [-0.2, -0.15) is 0 Å². The first-order valence-electron chi connectivity index (χ1n) is 5.80. The molecular weight excluding hydrogens is 218 g/mol. The molecule has 1 aromatic carbocycles. The number of methoxy groups -OCH3 is 1. The first-order chi connectivity index (χ1) is 7.80. The lowest BCUT2D eigenvalue weighted by atomic mass is 10.2. The van der Waals surface area contributed by atoms with Gasteiger partial charge in [0.25, 0.3) is 0 Å². The van der Waals surface area contributed by atoms with Crippen LogP contribution in [0.3, 0.4) is 0 Å². The Morgan fingerprint density at radius 1 is 1.25 bits per heavy atom. The largest absolute Gasteiger partial charge is 0.497 e. The van der Waals surface area contributed by atoms with Gasteiger partial charge in [0.2, 0.25) is 0 Å². The monoisotopic (exact) mass is 239 g/mol. The number of rotatable bonds is 7. The molecule has 0 aliphatic heterocycles. The van der Waals surface area contributed by atoms with Gasteiger partial charge in [-0.3, -0.25) is 0 Å². The van der Waals surface area contributed by atoms with Crippen LogP contribution in [0.1, 0.15) is 20.3 Å². The fourth-order valence-corrected chi connectivity index (χ4v) is 2.55. The molecule has 1 aromatic rings. The summed E-state index contributed by atoms with van der Waals surface area (Å²) in [7, 11) is 1.69.